The first kappa shape index (κ1) is 15.1. The van der Waals surface area contributed by atoms with Crippen LogP contribution in [-0.4, -0.2) is 39.9 Å². The molecule has 114 valence electrons. The van der Waals surface area contributed by atoms with Crippen LogP contribution < -0.4 is 0 Å². The molecule has 3 aromatic rings. The van der Waals surface area contributed by atoms with Crippen molar-refractivity contribution in [1.29, 1.82) is 0 Å². The van der Waals surface area contributed by atoms with Crippen molar-refractivity contribution in [1.82, 2.24) is 25.2 Å². The summed E-state index contributed by atoms with van der Waals surface area (Å²) >= 11 is 2.29. The Bertz CT molecular complexity index is 873. The van der Waals surface area contributed by atoms with E-state index < -0.39 is 9.84 Å². The van der Waals surface area contributed by atoms with Gasteiger partial charge in [0.2, 0.25) is 5.16 Å². The van der Waals surface area contributed by atoms with E-state index in [2.05, 4.69) is 20.4 Å². The molecule has 0 aliphatic rings. The lowest BCUT2D eigenvalue weighted by Crippen LogP contribution is -2.03. The number of sulfone groups is 1. The van der Waals surface area contributed by atoms with E-state index in [0.717, 1.165) is 23.2 Å². The van der Waals surface area contributed by atoms with E-state index in [1.54, 1.807) is 0 Å². The molecule has 0 radical (unpaired) electrons. The normalized spacial score (nSPS) is 11.7. The van der Waals surface area contributed by atoms with Gasteiger partial charge in [-0.2, -0.15) is 4.80 Å². The zero-order valence-corrected chi connectivity index (χ0v) is 13.9. The number of rotatable bonds is 5. The van der Waals surface area contributed by atoms with Crippen molar-refractivity contribution in [3.63, 3.8) is 0 Å². The third-order valence-corrected chi connectivity index (χ3v) is 6.32. The summed E-state index contributed by atoms with van der Waals surface area (Å²) in [4.78, 5) is 5.55. The molecule has 2 aromatic heterocycles. The van der Waals surface area contributed by atoms with Gasteiger partial charge in [0.15, 0.2) is 14.2 Å². The van der Waals surface area contributed by atoms with Crippen molar-refractivity contribution in [2.24, 2.45) is 0 Å². The molecule has 22 heavy (non-hydrogen) atoms. The van der Waals surface area contributed by atoms with Crippen LogP contribution in [0.25, 0.3) is 0 Å². The highest BCUT2D eigenvalue weighted by molar-refractivity contribution is 8.01. The Kier molecular flexibility index (Phi) is 4.23. The predicted molar refractivity (Wildman–Crippen MR) is 82.7 cm³/mol. The maximum atomic E-state index is 11.4. The number of hydrogen-bond acceptors (Lipinski definition) is 8. The molecule has 10 heteroatoms. The smallest absolute Gasteiger partial charge is 0.236 e. The minimum Gasteiger partial charge on any atom is -0.236 e. The van der Waals surface area contributed by atoms with E-state index in [1.807, 2.05) is 30.3 Å². The molecule has 3 rings (SSSR count). The van der Waals surface area contributed by atoms with E-state index in [0.29, 0.717) is 16.0 Å². The van der Waals surface area contributed by atoms with Crippen molar-refractivity contribution < 1.29 is 8.42 Å². The minimum atomic E-state index is -3.23. The fourth-order valence-corrected chi connectivity index (χ4v) is 4.39. The van der Waals surface area contributed by atoms with Crippen molar-refractivity contribution in [2.45, 2.75) is 20.3 Å². The molecule has 0 saturated carbocycles. The first-order chi connectivity index (χ1) is 10.5. The molecule has 0 bridgehead atoms. The Morgan fingerprint density at radius 3 is 2.73 bits per heavy atom. The molecule has 7 nitrogen and oxygen atoms in total. The van der Waals surface area contributed by atoms with Gasteiger partial charge in [-0.1, -0.05) is 41.7 Å². The lowest BCUT2D eigenvalue weighted by Gasteiger charge is -1.97. The van der Waals surface area contributed by atoms with E-state index in [4.69, 9.17) is 0 Å². The molecule has 0 aliphatic heterocycles. The molecule has 2 heterocycles. The van der Waals surface area contributed by atoms with Gasteiger partial charge in [0.05, 0.1) is 12.7 Å². The number of thiazole rings is 1. The maximum absolute atomic E-state index is 11.4. The highest BCUT2D eigenvalue weighted by Gasteiger charge is 2.14. The molecular weight excluding hydrogens is 342 g/mol. The average molecular weight is 353 g/mol. The lowest BCUT2D eigenvalue weighted by atomic mass is 10.2. The van der Waals surface area contributed by atoms with Gasteiger partial charge < -0.3 is 0 Å². The van der Waals surface area contributed by atoms with Crippen LogP contribution in [0.15, 0.2) is 50.2 Å². The molecule has 0 aliphatic carbocycles. The van der Waals surface area contributed by atoms with Crippen LogP contribution >= 0.6 is 23.1 Å². The number of benzene rings is 1. The van der Waals surface area contributed by atoms with Gasteiger partial charge >= 0.3 is 0 Å². The van der Waals surface area contributed by atoms with Gasteiger partial charge in [-0.3, -0.25) is 0 Å². The molecule has 0 amide bonds. The van der Waals surface area contributed by atoms with Crippen molar-refractivity contribution in [2.75, 3.05) is 6.26 Å². The van der Waals surface area contributed by atoms with Crippen LogP contribution in [0, 0.1) is 0 Å². The van der Waals surface area contributed by atoms with Gasteiger partial charge in [0.25, 0.3) is 0 Å². The summed E-state index contributed by atoms with van der Waals surface area (Å²) in [6.07, 6.45) is 2.50. The van der Waals surface area contributed by atoms with E-state index in [9.17, 15) is 8.42 Å². The van der Waals surface area contributed by atoms with E-state index >= 15 is 0 Å². The Labute approximate surface area is 135 Å². The summed E-state index contributed by atoms with van der Waals surface area (Å²) in [6, 6.07) is 9.81. The van der Waals surface area contributed by atoms with Gasteiger partial charge in [0, 0.05) is 6.26 Å². The van der Waals surface area contributed by atoms with Crippen LogP contribution in [0.3, 0.4) is 0 Å². The Balaban J connectivity index is 1.71. The fraction of sp³-hybridized carbons (Fsp3) is 0.167. The van der Waals surface area contributed by atoms with Crippen LogP contribution in [0.5, 0.6) is 0 Å². The van der Waals surface area contributed by atoms with Crippen molar-refractivity contribution in [3.8, 4) is 0 Å². The van der Waals surface area contributed by atoms with Gasteiger partial charge in [0.1, 0.15) is 4.21 Å². The Hall–Kier alpha value is -1.78. The first-order valence-corrected chi connectivity index (χ1v) is 9.68. The Morgan fingerprint density at radius 2 is 2.05 bits per heavy atom. The lowest BCUT2D eigenvalue weighted by molar-refractivity contribution is 0.569. The topological polar surface area (TPSA) is 90.6 Å². The van der Waals surface area contributed by atoms with Crippen LogP contribution in [0.4, 0.5) is 0 Å². The zero-order chi connectivity index (χ0) is 15.6. The highest BCUT2D eigenvalue weighted by atomic mass is 32.2. The Morgan fingerprint density at radius 1 is 1.27 bits per heavy atom. The summed E-state index contributed by atoms with van der Waals surface area (Å²) in [7, 11) is -3.23. The maximum Gasteiger partial charge on any atom is 0.238 e. The quantitative estimate of drug-likeness (QED) is 0.690. The zero-order valence-electron chi connectivity index (χ0n) is 11.4. The summed E-state index contributed by atoms with van der Waals surface area (Å²) in [5.74, 6) is 0. The molecule has 1 aromatic carbocycles. The standard InChI is InChI=1S/C12H11N5O2S3/c1-22(18,19)10-7-13-12(20-10)21-11-14-16-17(15-11)8-9-5-3-2-4-6-9/h2-7H,8H2,1H3. The van der Waals surface area contributed by atoms with Crippen LogP contribution in [-0.2, 0) is 16.4 Å². The molecular formula is C12H11N5O2S3. The largest absolute Gasteiger partial charge is 0.238 e. The third kappa shape index (κ3) is 3.70. The minimum absolute atomic E-state index is 0.228. The van der Waals surface area contributed by atoms with Gasteiger partial charge in [-0.25, -0.2) is 13.4 Å². The number of aromatic nitrogens is 5. The molecule has 0 N–H and O–H groups in total. The summed E-state index contributed by atoms with van der Waals surface area (Å²) in [5, 5.41) is 12.6. The van der Waals surface area contributed by atoms with Gasteiger partial charge in [-0.15, -0.1) is 10.2 Å². The van der Waals surface area contributed by atoms with Crippen LogP contribution in [0.2, 0.25) is 0 Å². The molecule has 0 spiro atoms. The van der Waals surface area contributed by atoms with Crippen molar-refractivity contribution in [3.05, 3.63) is 42.1 Å². The third-order valence-electron chi connectivity index (χ3n) is 2.61. The number of nitrogens with zero attached hydrogens (tertiary/aromatic N) is 5. The molecule has 0 atom stereocenters. The van der Waals surface area contributed by atoms with Crippen LogP contribution in [0.1, 0.15) is 5.56 Å². The predicted octanol–water partition coefficient (Wildman–Crippen LogP) is 1.73. The second kappa shape index (κ2) is 6.15. The molecule has 0 fully saturated rings. The molecule has 0 unspecified atom stereocenters. The SMILES string of the molecule is CS(=O)(=O)c1cnc(Sc2nnn(Cc3ccccc3)n2)s1. The summed E-state index contributed by atoms with van der Waals surface area (Å²) in [5.41, 5.74) is 1.07. The number of tetrazole rings is 1. The molecule has 0 saturated heterocycles. The number of hydrogen-bond donors (Lipinski definition) is 0. The monoisotopic (exact) mass is 353 g/mol. The van der Waals surface area contributed by atoms with E-state index in [1.165, 1.54) is 22.8 Å². The second-order valence-electron chi connectivity index (χ2n) is 4.41. The summed E-state index contributed by atoms with van der Waals surface area (Å²) in [6.45, 7) is 0.529. The second-order valence-corrected chi connectivity index (χ2v) is 8.90. The summed E-state index contributed by atoms with van der Waals surface area (Å²) < 4.78 is 23.6. The fourth-order valence-electron chi connectivity index (χ4n) is 1.62. The van der Waals surface area contributed by atoms with E-state index in [-0.39, 0.29) is 4.21 Å². The highest BCUT2D eigenvalue weighted by Crippen LogP contribution is 2.30. The average Bonchev–Trinajstić information content (AvgIpc) is 3.10. The first-order valence-electron chi connectivity index (χ1n) is 6.16. The van der Waals surface area contributed by atoms with Gasteiger partial charge in [-0.05, 0) is 22.5 Å². The van der Waals surface area contributed by atoms with Crippen molar-refractivity contribution >= 4 is 32.9 Å².